The number of nitrogens with zero attached hydrogens (tertiary/aromatic N) is 1. The zero-order valence-electron chi connectivity index (χ0n) is 15.0. The minimum Gasteiger partial charge on any atom is -0.480 e. The lowest BCUT2D eigenvalue weighted by Crippen LogP contribution is -2.40. The maximum Gasteiger partial charge on any atom is 0.326 e. The van der Waals surface area contributed by atoms with E-state index in [1.165, 1.54) is 20.0 Å². The third-order valence-corrected chi connectivity index (χ3v) is 4.58. The highest BCUT2D eigenvalue weighted by Crippen LogP contribution is 2.28. The highest BCUT2D eigenvalue weighted by molar-refractivity contribution is 5.99. The number of aliphatic carboxylic acids is 1. The molecule has 0 aromatic heterocycles. The van der Waals surface area contributed by atoms with Gasteiger partial charge >= 0.3 is 5.97 Å². The summed E-state index contributed by atoms with van der Waals surface area (Å²) in [6.45, 7) is 1.43. The van der Waals surface area contributed by atoms with E-state index in [0.29, 0.717) is 23.4 Å². The van der Waals surface area contributed by atoms with Crippen LogP contribution in [0, 0.1) is 0 Å². The summed E-state index contributed by atoms with van der Waals surface area (Å²) < 4.78 is 5.66. The first-order valence-corrected chi connectivity index (χ1v) is 8.52. The molecule has 27 heavy (non-hydrogen) atoms. The molecule has 0 radical (unpaired) electrons. The molecule has 7 nitrogen and oxygen atoms in total. The van der Waals surface area contributed by atoms with E-state index in [4.69, 9.17) is 9.84 Å². The predicted molar refractivity (Wildman–Crippen MR) is 98.8 cm³/mol. The van der Waals surface area contributed by atoms with Gasteiger partial charge in [0.2, 0.25) is 0 Å². The van der Waals surface area contributed by atoms with E-state index in [0.717, 1.165) is 10.5 Å². The lowest BCUT2D eigenvalue weighted by Gasteiger charge is -2.21. The van der Waals surface area contributed by atoms with Crippen LogP contribution in [-0.4, -0.2) is 47.0 Å². The second-order valence-corrected chi connectivity index (χ2v) is 6.42. The van der Waals surface area contributed by atoms with Crippen molar-refractivity contribution in [2.45, 2.75) is 25.5 Å². The summed E-state index contributed by atoms with van der Waals surface area (Å²) in [7, 11) is 1.43. The quantitative estimate of drug-likeness (QED) is 0.843. The van der Waals surface area contributed by atoms with Crippen LogP contribution in [0.4, 0.5) is 5.69 Å². The van der Waals surface area contributed by atoms with E-state index in [1.807, 2.05) is 24.3 Å². The smallest absolute Gasteiger partial charge is 0.326 e. The Hall–Kier alpha value is -3.35. The van der Waals surface area contributed by atoms with Crippen molar-refractivity contribution in [1.82, 2.24) is 4.90 Å². The molecule has 0 saturated carbocycles. The van der Waals surface area contributed by atoms with Crippen LogP contribution in [0.1, 0.15) is 22.8 Å². The largest absolute Gasteiger partial charge is 0.480 e. The number of hydrogen-bond acceptors (Lipinski definition) is 4. The summed E-state index contributed by atoms with van der Waals surface area (Å²) in [6.07, 6.45) is -0.143. The Morgan fingerprint density at radius 2 is 1.93 bits per heavy atom. The fourth-order valence-electron chi connectivity index (χ4n) is 2.83. The number of anilines is 1. The van der Waals surface area contributed by atoms with Gasteiger partial charge in [-0.05, 0) is 36.8 Å². The monoisotopic (exact) mass is 368 g/mol. The van der Waals surface area contributed by atoms with Crippen LogP contribution in [0.15, 0.2) is 48.5 Å². The molecule has 1 aliphatic heterocycles. The molecule has 140 valence electrons. The number of hydrogen-bond donors (Lipinski definition) is 2. The average molecular weight is 368 g/mol. The molecule has 2 amide bonds. The number of nitrogens with one attached hydrogen (secondary N) is 1. The summed E-state index contributed by atoms with van der Waals surface area (Å²) in [4.78, 5) is 37.1. The lowest BCUT2D eigenvalue weighted by atomic mass is 10.1. The van der Waals surface area contributed by atoms with Crippen molar-refractivity contribution in [3.8, 4) is 5.75 Å². The fraction of sp³-hybridized carbons (Fsp3) is 0.250. The zero-order chi connectivity index (χ0) is 19.6. The van der Waals surface area contributed by atoms with Gasteiger partial charge in [-0.2, -0.15) is 0 Å². The van der Waals surface area contributed by atoms with Gasteiger partial charge < -0.3 is 20.1 Å². The van der Waals surface area contributed by atoms with Crippen molar-refractivity contribution < 1.29 is 24.2 Å². The van der Waals surface area contributed by atoms with Crippen LogP contribution in [0.5, 0.6) is 5.75 Å². The number of carboxylic acids is 1. The molecule has 7 heteroatoms. The molecule has 0 bridgehead atoms. The summed E-state index contributed by atoms with van der Waals surface area (Å²) in [5.41, 5.74) is 1.71. The number of amides is 2. The Kier molecular flexibility index (Phi) is 5.12. The van der Waals surface area contributed by atoms with Crippen molar-refractivity contribution >= 4 is 23.5 Å². The highest BCUT2D eigenvalue weighted by atomic mass is 16.5. The van der Waals surface area contributed by atoms with Crippen LogP contribution >= 0.6 is 0 Å². The second-order valence-electron chi connectivity index (χ2n) is 6.42. The fourth-order valence-corrected chi connectivity index (χ4v) is 2.83. The van der Waals surface area contributed by atoms with Crippen LogP contribution in [-0.2, 0) is 16.0 Å². The zero-order valence-corrected chi connectivity index (χ0v) is 15.0. The molecule has 0 spiro atoms. The number of fused-ring (bicyclic) bond motifs is 1. The Morgan fingerprint density at radius 3 is 2.63 bits per heavy atom. The first-order chi connectivity index (χ1) is 12.9. The van der Waals surface area contributed by atoms with E-state index in [9.17, 15) is 14.4 Å². The van der Waals surface area contributed by atoms with Crippen molar-refractivity contribution in [3.05, 3.63) is 59.7 Å². The Morgan fingerprint density at radius 1 is 1.19 bits per heavy atom. The van der Waals surface area contributed by atoms with Gasteiger partial charge in [0.05, 0.1) is 0 Å². The number of rotatable bonds is 5. The topological polar surface area (TPSA) is 95.9 Å². The molecular formula is C20H20N2O5. The Labute approximate surface area is 156 Å². The highest BCUT2D eigenvalue weighted by Gasteiger charge is 2.29. The number of carbonyl (C=O) groups is 3. The summed E-state index contributed by atoms with van der Waals surface area (Å²) >= 11 is 0. The number of carboxylic acid groups (broad SMARTS) is 1. The summed E-state index contributed by atoms with van der Waals surface area (Å²) in [6, 6.07) is 12.9. The molecule has 3 rings (SSSR count). The minimum atomic E-state index is -1.09. The Balaban J connectivity index is 1.68. The third kappa shape index (κ3) is 3.92. The molecule has 0 aliphatic carbocycles. The number of carbonyl (C=O) groups excluding carboxylic acids is 2. The molecular weight excluding hydrogens is 348 g/mol. The first-order valence-electron chi connectivity index (χ1n) is 8.52. The molecule has 2 aromatic carbocycles. The molecule has 2 unspecified atom stereocenters. The molecule has 2 aromatic rings. The van der Waals surface area contributed by atoms with Crippen molar-refractivity contribution in [3.63, 3.8) is 0 Å². The van der Waals surface area contributed by atoms with Crippen molar-refractivity contribution in [1.29, 1.82) is 0 Å². The van der Waals surface area contributed by atoms with Crippen molar-refractivity contribution in [2.24, 2.45) is 0 Å². The molecule has 2 atom stereocenters. The normalized spacial score (nSPS) is 16.0. The standard InChI is InChI=1S/C20H20N2O5/c1-12(20(25)26)22(2)19(24)14-7-5-8-15(10-14)21-18(23)17-11-13-6-3-4-9-16(13)27-17/h3-10,12,17H,11H2,1-2H3,(H,21,23)(H,25,26). The summed E-state index contributed by atoms with van der Waals surface area (Å²) in [5, 5.41) is 11.8. The van der Waals surface area contributed by atoms with Gasteiger partial charge in [-0.15, -0.1) is 0 Å². The SMILES string of the molecule is CC(C(=O)O)N(C)C(=O)c1cccc(NC(=O)C2Cc3ccccc3O2)c1. The van der Waals surface area contributed by atoms with E-state index < -0.39 is 24.0 Å². The molecule has 0 saturated heterocycles. The number of ether oxygens (including phenoxy) is 1. The van der Waals surface area contributed by atoms with E-state index in [1.54, 1.807) is 18.2 Å². The lowest BCUT2D eigenvalue weighted by molar-refractivity contribution is -0.141. The third-order valence-electron chi connectivity index (χ3n) is 4.58. The molecule has 2 N–H and O–H groups in total. The van der Waals surface area contributed by atoms with E-state index >= 15 is 0 Å². The molecule has 0 fully saturated rings. The summed E-state index contributed by atoms with van der Waals surface area (Å²) in [5.74, 6) is -1.13. The van der Waals surface area contributed by atoms with Gasteiger partial charge in [0.25, 0.3) is 11.8 Å². The Bertz CT molecular complexity index is 870. The van der Waals surface area contributed by atoms with Gasteiger partial charge in [0.15, 0.2) is 6.10 Å². The number of likely N-dealkylation sites (N-methyl/N-ethyl adjacent to an activating group) is 1. The van der Waals surface area contributed by atoms with Crippen LogP contribution < -0.4 is 10.1 Å². The van der Waals surface area contributed by atoms with Gasteiger partial charge in [-0.25, -0.2) is 4.79 Å². The van der Waals surface area contributed by atoms with Crippen LogP contribution in [0.25, 0.3) is 0 Å². The van der Waals surface area contributed by atoms with Crippen molar-refractivity contribution in [2.75, 3.05) is 12.4 Å². The van der Waals surface area contributed by atoms with Crippen LogP contribution in [0.2, 0.25) is 0 Å². The van der Waals surface area contributed by atoms with Crippen LogP contribution in [0.3, 0.4) is 0 Å². The van der Waals surface area contributed by atoms with E-state index in [-0.39, 0.29) is 5.91 Å². The minimum absolute atomic E-state index is 0.291. The number of para-hydroxylation sites is 1. The van der Waals surface area contributed by atoms with E-state index in [2.05, 4.69) is 5.32 Å². The maximum absolute atomic E-state index is 12.5. The average Bonchev–Trinajstić information content (AvgIpc) is 3.10. The second kappa shape index (κ2) is 7.49. The first kappa shape index (κ1) is 18.4. The molecule has 1 heterocycles. The van der Waals surface area contributed by atoms with Gasteiger partial charge in [-0.3, -0.25) is 9.59 Å². The predicted octanol–water partition coefficient (Wildman–Crippen LogP) is 2.17. The number of benzene rings is 2. The van der Waals surface area contributed by atoms with Gasteiger partial charge in [0.1, 0.15) is 11.8 Å². The van der Waals surface area contributed by atoms with Gasteiger partial charge in [-0.1, -0.05) is 24.3 Å². The molecule has 1 aliphatic rings. The van der Waals surface area contributed by atoms with Gasteiger partial charge in [0, 0.05) is 24.7 Å². The maximum atomic E-state index is 12.5.